The third-order valence-electron chi connectivity index (χ3n) is 2.10. The van der Waals surface area contributed by atoms with Gasteiger partial charge in [0.15, 0.2) is 0 Å². The van der Waals surface area contributed by atoms with E-state index >= 15 is 0 Å². The molecule has 16 heavy (non-hydrogen) atoms. The van der Waals surface area contributed by atoms with Gasteiger partial charge in [0.1, 0.15) is 5.83 Å². The van der Waals surface area contributed by atoms with Crippen molar-refractivity contribution in [1.29, 1.82) is 0 Å². The molecule has 2 rings (SSSR count). The minimum atomic E-state index is -0.386. The van der Waals surface area contributed by atoms with Crippen molar-refractivity contribution in [1.82, 2.24) is 4.98 Å². The van der Waals surface area contributed by atoms with Gasteiger partial charge in [-0.05, 0) is 29.2 Å². The molecule has 0 amide bonds. The first-order chi connectivity index (χ1) is 7.81. The maximum absolute atomic E-state index is 13.4. The van der Waals surface area contributed by atoms with Gasteiger partial charge in [-0.1, -0.05) is 6.07 Å². The minimum absolute atomic E-state index is 0.286. The zero-order valence-electron chi connectivity index (χ0n) is 8.43. The van der Waals surface area contributed by atoms with Crippen LogP contribution in [0.15, 0.2) is 42.0 Å². The van der Waals surface area contributed by atoms with Gasteiger partial charge in [0.2, 0.25) is 0 Å². The molecule has 2 aromatic rings. The van der Waals surface area contributed by atoms with E-state index in [0.717, 1.165) is 17.2 Å². The molecule has 0 fully saturated rings. The van der Waals surface area contributed by atoms with Crippen molar-refractivity contribution in [2.24, 2.45) is 0 Å². The van der Waals surface area contributed by atoms with Crippen molar-refractivity contribution in [2.75, 3.05) is 6.61 Å². The predicted octanol–water partition coefficient (Wildman–Crippen LogP) is 3.11. The van der Waals surface area contributed by atoms with E-state index in [1.165, 1.54) is 11.3 Å². The van der Waals surface area contributed by atoms with Gasteiger partial charge in [0, 0.05) is 18.0 Å². The van der Waals surface area contributed by atoms with Crippen LogP contribution in [-0.4, -0.2) is 16.7 Å². The van der Waals surface area contributed by atoms with E-state index in [9.17, 15) is 4.39 Å². The zero-order valence-corrected chi connectivity index (χ0v) is 9.25. The number of halogens is 1. The number of pyridine rings is 1. The first kappa shape index (κ1) is 11.0. The summed E-state index contributed by atoms with van der Waals surface area (Å²) in [5.41, 5.74) is 1.90. The highest BCUT2D eigenvalue weighted by Crippen LogP contribution is 2.29. The van der Waals surface area contributed by atoms with E-state index in [1.807, 2.05) is 17.5 Å². The van der Waals surface area contributed by atoms with Crippen LogP contribution in [0.2, 0.25) is 0 Å². The van der Waals surface area contributed by atoms with Gasteiger partial charge in [-0.25, -0.2) is 4.39 Å². The molecule has 0 unspecified atom stereocenters. The van der Waals surface area contributed by atoms with Crippen molar-refractivity contribution in [3.63, 3.8) is 0 Å². The summed E-state index contributed by atoms with van der Waals surface area (Å²) in [4.78, 5) is 4.53. The van der Waals surface area contributed by atoms with Crippen molar-refractivity contribution < 1.29 is 9.50 Å². The molecular formula is C12H10FNOS. The standard InChI is InChI=1S/C12H10FNOS/c13-11(3-5-15)12-6-10(8-16-12)9-2-1-4-14-7-9/h1-4,6-8,15H,5H2. The number of aliphatic hydroxyl groups is 1. The van der Waals surface area contributed by atoms with Gasteiger partial charge in [0.25, 0.3) is 0 Å². The lowest BCUT2D eigenvalue weighted by Gasteiger charge is -1.94. The maximum atomic E-state index is 13.4. The Kier molecular flexibility index (Phi) is 3.44. The Hall–Kier alpha value is -1.52. The van der Waals surface area contributed by atoms with E-state index in [-0.39, 0.29) is 12.4 Å². The van der Waals surface area contributed by atoms with Crippen molar-refractivity contribution >= 4 is 17.2 Å². The van der Waals surface area contributed by atoms with Gasteiger partial charge in [-0.15, -0.1) is 11.3 Å². The van der Waals surface area contributed by atoms with Crippen molar-refractivity contribution in [2.45, 2.75) is 0 Å². The highest BCUT2D eigenvalue weighted by molar-refractivity contribution is 7.11. The lowest BCUT2D eigenvalue weighted by atomic mass is 10.1. The van der Waals surface area contributed by atoms with Crippen LogP contribution >= 0.6 is 11.3 Å². The van der Waals surface area contributed by atoms with E-state index in [2.05, 4.69) is 4.98 Å². The van der Waals surface area contributed by atoms with Gasteiger partial charge < -0.3 is 5.11 Å². The molecule has 0 atom stereocenters. The molecule has 0 spiro atoms. The zero-order chi connectivity index (χ0) is 11.4. The fourth-order valence-electron chi connectivity index (χ4n) is 1.33. The summed E-state index contributed by atoms with van der Waals surface area (Å²) in [5, 5.41) is 10.5. The third kappa shape index (κ3) is 2.35. The molecule has 0 aliphatic heterocycles. The Labute approximate surface area is 96.7 Å². The lowest BCUT2D eigenvalue weighted by molar-refractivity contribution is 0.342. The Morgan fingerprint density at radius 1 is 1.50 bits per heavy atom. The highest BCUT2D eigenvalue weighted by atomic mass is 32.1. The summed E-state index contributed by atoms with van der Waals surface area (Å²) < 4.78 is 13.4. The van der Waals surface area contributed by atoms with Crippen LogP contribution in [0.4, 0.5) is 4.39 Å². The van der Waals surface area contributed by atoms with Gasteiger partial charge >= 0.3 is 0 Å². The van der Waals surface area contributed by atoms with Crippen LogP contribution in [0, 0.1) is 0 Å². The number of hydrogen-bond acceptors (Lipinski definition) is 3. The van der Waals surface area contributed by atoms with Gasteiger partial charge in [-0.2, -0.15) is 0 Å². The lowest BCUT2D eigenvalue weighted by Crippen LogP contribution is -1.77. The van der Waals surface area contributed by atoms with Crippen molar-refractivity contribution in [3.05, 3.63) is 46.9 Å². The summed E-state index contributed by atoms with van der Waals surface area (Å²) in [6, 6.07) is 5.52. The van der Waals surface area contributed by atoms with Crippen LogP contribution in [0.5, 0.6) is 0 Å². The second kappa shape index (κ2) is 5.01. The molecule has 1 N–H and O–H groups in total. The Balaban J connectivity index is 2.30. The Morgan fingerprint density at radius 2 is 2.38 bits per heavy atom. The summed E-state index contributed by atoms with van der Waals surface area (Å²) >= 11 is 1.31. The Morgan fingerprint density at radius 3 is 3.06 bits per heavy atom. The van der Waals surface area contributed by atoms with E-state index in [4.69, 9.17) is 5.11 Å². The molecule has 82 valence electrons. The average Bonchev–Trinajstić information content (AvgIpc) is 2.80. The van der Waals surface area contributed by atoms with Crippen LogP contribution in [0.25, 0.3) is 17.0 Å². The predicted molar refractivity (Wildman–Crippen MR) is 63.7 cm³/mol. The second-order valence-electron chi connectivity index (χ2n) is 3.18. The molecule has 4 heteroatoms. The first-order valence-corrected chi connectivity index (χ1v) is 5.65. The van der Waals surface area contributed by atoms with Crippen LogP contribution < -0.4 is 0 Å². The SMILES string of the molecule is OCC=C(F)c1cc(-c2cccnc2)cs1. The quantitative estimate of drug-likeness (QED) is 0.886. The summed E-state index contributed by atoms with van der Waals surface area (Å²) in [6.45, 7) is -0.286. The molecule has 2 aromatic heterocycles. The minimum Gasteiger partial charge on any atom is -0.392 e. The van der Waals surface area contributed by atoms with E-state index < -0.39 is 0 Å². The number of rotatable bonds is 3. The number of aromatic nitrogens is 1. The van der Waals surface area contributed by atoms with Crippen LogP contribution in [-0.2, 0) is 0 Å². The average molecular weight is 235 g/mol. The molecule has 0 saturated carbocycles. The molecule has 0 aromatic carbocycles. The smallest absolute Gasteiger partial charge is 0.138 e. The highest BCUT2D eigenvalue weighted by Gasteiger charge is 2.05. The topological polar surface area (TPSA) is 33.1 Å². The molecule has 0 aliphatic rings. The molecule has 0 aliphatic carbocycles. The summed E-state index contributed by atoms with van der Waals surface area (Å²) in [7, 11) is 0. The fourth-order valence-corrected chi connectivity index (χ4v) is 2.18. The Bertz CT molecular complexity index is 493. The molecule has 0 radical (unpaired) electrons. The molecule has 0 saturated heterocycles. The summed E-state index contributed by atoms with van der Waals surface area (Å²) in [5.74, 6) is -0.386. The number of hydrogen-bond donors (Lipinski definition) is 1. The van der Waals surface area contributed by atoms with Crippen LogP contribution in [0.3, 0.4) is 0 Å². The van der Waals surface area contributed by atoms with Gasteiger partial charge in [0.05, 0.1) is 11.5 Å². The monoisotopic (exact) mass is 235 g/mol. The largest absolute Gasteiger partial charge is 0.392 e. The number of aliphatic hydroxyl groups excluding tert-OH is 1. The molecular weight excluding hydrogens is 225 g/mol. The van der Waals surface area contributed by atoms with Gasteiger partial charge in [-0.3, -0.25) is 4.98 Å². The normalized spacial score (nSPS) is 11.8. The first-order valence-electron chi connectivity index (χ1n) is 4.77. The molecule has 2 heterocycles. The van der Waals surface area contributed by atoms with Crippen LogP contribution in [0.1, 0.15) is 4.88 Å². The summed E-state index contributed by atoms with van der Waals surface area (Å²) in [6.07, 6.45) is 4.58. The van der Waals surface area contributed by atoms with Crippen molar-refractivity contribution in [3.8, 4) is 11.1 Å². The molecule has 2 nitrogen and oxygen atoms in total. The molecule has 0 bridgehead atoms. The number of nitrogens with zero attached hydrogens (tertiary/aromatic N) is 1. The second-order valence-corrected chi connectivity index (χ2v) is 4.09. The van der Waals surface area contributed by atoms with E-state index in [0.29, 0.717) is 4.88 Å². The fraction of sp³-hybridized carbons (Fsp3) is 0.0833. The maximum Gasteiger partial charge on any atom is 0.138 e. The number of thiophene rings is 1. The third-order valence-corrected chi connectivity index (χ3v) is 3.04. The van der Waals surface area contributed by atoms with E-state index in [1.54, 1.807) is 18.5 Å².